The summed E-state index contributed by atoms with van der Waals surface area (Å²) in [5, 5.41) is 7.85. The standard InChI is InChI=1S/C13H15N3O/c1-2-3-4-11(13(14)17)9-5-6-10-8-15-16-12(10)7-9/h4-8H,2-3H2,1H3,(H2,14,17)(H,15,16)/b11-4+. The maximum absolute atomic E-state index is 11.4. The molecule has 88 valence electrons. The van der Waals surface area contributed by atoms with Crippen molar-refractivity contribution >= 4 is 22.4 Å². The Morgan fingerprint density at radius 2 is 2.35 bits per heavy atom. The van der Waals surface area contributed by atoms with Crippen LogP contribution >= 0.6 is 0 Å². The molecule has 0 aliphatic rings. The highest BCUT2D eigenvalue weighted by Crippen LogP contribution is 2.20. The van der Waals surface area contributed by atoms with Gasteiger partial charge in [0.05, 0.1) is 11.7 Å². The summed E-state index contributed by atoms with van der Waals surface area (Å²) in [6.45, 7) is 2.06. The zero-order chi connectivity index (χ0) is 12.3. The minimum atomic E-state index is -0.391. The summed E-state index contributed by atoms with van der Waals surface area (Å²) in [6, 6.07) is 5.72. The molecule has 0 atom stereocenters. The van der Waals surface area contributed by atoms with E-state index in [-0.39, 0.29) is 0 Å². The van der Waals surface area contributed by atoms with Gasteiger partial charge in [-0.2, -0.15) is 5.10 Å². The number of hydrogen-bond acceptors (Lipinski definition) is 2. The smallest absolute Gasteiger partial charge is 0.248 e. The van der Waals surface area contributed by atoms with Gasteiger partial charge in [0.2, 0.25) is 5.91 Å². The summed E-state index contributed by atoms with van der Waals surface area (Å²) in [5.41, 5.74) is 7.71. The van der Waals surface area contributed by atoms with E-state index in [1.165, 1.54) is 0 Å². The number of amides is 1. The largest absolute Gasteiger partial charge is 0.366 e. The number of nitrogens with two attached hydrogens (primary N) is 1. The molecule has 0 radical (unpaired) electrons. The molecule has 3 N–H and O–H groups in total. The lowest BCUT2D eigenvalue weighted by atomic mass is 10.0. The fraction of sp³-hybridized carbons (Fsp3) is 0.231. The van der Waals surface area contributed by atoms with Crippen LogP contribution in [-0.2, 0) is 4.79 Å². The molecule has 1 heterocycles. The molecule has 1 aromatic heterocycles. The van der Waals surface area contributed by atoms with Crippen LogP contribution in [0.2, 0.25) is 0 Å². The molecule has 2 rings (SSSR count). The molecule has 0 unspecified atom stereocenters. The van der Waals surface area contributed by atoms with Gasteiger partial charge in [0.1, 0.15) is 0 Å². The summed E-state index contributed by atoms with van der Waals surface area (Å²) >= 11 is 0. The number of unbranched alkanes of at least 4 members (excludes halogenated alkanes) is 1. The number of aromatic nitrogens is 2. The minimum absolute atomic E-state index is 0.391. The van der Waals surface area contributed by atoms with Crippen LogP contribution in [0.25, 0.3) is 16.5 Å². The van der Waals surface area contributed by atoms with Crippen molar-refractivity contribution in [2.45, 2.75) is 19.8 Å². The number of carbonyl (C=O) groups excluding carboxylic acids is 1. The molecule has 0 spiro atoms. The van der Waals surface area contributed by atoms with Crippen molar-refractivity contribution in [1.29, 1.82) is 0 Å². The molecular weight excluding hydrogens is 214 g/mol. The normalized spacial score (nSPS) is 11.9. The van der Waals surface area contributed by atoms with E-state index in [0.29, 0.717) is 5.57 Å². The molecule has 4 heteroatoms. The van der Waals surface area contributed by atoms with Crippen LogP contribution in [0.4, 0.5) is 0 Å². The topological polar surface area (TPSA) is 71.8 Å². The van der Waals surface area contributed by atoms with E-state index in [0.717, 1.165) is 29.3 Å². The van der Waals surface area contributed by atoms with Gasteiger partial charge < -0.3 is 5.73 Å². The summed E-state index contributed by atoms with van der Waals surface area (Å²) in [6.07, 6.45) is 5.47. The number of hydrogen-bond donors (Lipinski definition) is 2. The Bertz CT molecular complexity index is 569. The highest BCUT2D eigenvalue weighted by molar-refractivity contribution is 6.19. The van der Waals surface area contributed by atoms with Crippen molar-refractivity contribution in [3.8, 4) is 0 Å². The quantitative estimate of drug-likeness (QED) is 0.789. The second-order valence-corrected chi connectivity index (χ2v) is 3.94. The van der Waals surface area contributed by atoms with Gasteiger partial charge in [-0.15, -0.1) is 0 Å². The second kappa shape index (κ2) is 4.82. The molecule has 0 fully saturated rings. The summed E-state index contributed by atoms with van der Waals surface area (Å²) in [4.78, 5) is 11.4. The van der Waals surface area contributed by atoms with Crippen molar-refractivity contribution in [2.75, 3.05) is 0 Å². The van der Waals surface area contributed by atoms with E-state index in [4.69, 9.17) is 5.73 Å². The van der Waals surface area contributed by atoms with E-state index in [9.17, 15) is 4.79 Å². The molecule has 0 bridgehead atoms. The highest BCUT2D eigenvalue weighted by atomic mass is 16.1. The first kappa shape index (κ1) is 11.4. The van der Waals surface area contributed by atoms with Crippen LogP contribution in [0.15, 0.2) is 30.5 Å². The Kier molecular flexibility index (Phi) is 3.23. The zero-order valence-corrected chi connectivity index (χ0v) is 9.73. The number of fused-ring (bicyclic) bond motifs is 1. The lowest BCUT2D eigenvalue weighted by Crippen LogP contribution is -2.13. The van der Waals surface area contributed by atoms with Gasteiger partial charge in [-0.25, -0.2) is 0 Å². The highest BCUT2D eigenvalue weighted by Gasteiger charge is 2.08. The molecule has 1 amide bonds. The summed E-state index contributed by atoms with van der Waals surface area (Å²) in [7, 11) is 0. The fourth-order valence-corrected chi connectivity index (χ4v) is 1.75. The number of carbonyl (C=O) groups is 1. The first-order valence-electron chi connectivity index (χ1n) is 5.66. The van der Waals surface area contributed by atoms with Gasteiger partial charge in [0, 0.05) is 11.0 Å². The minimum Gasteiger partial charge on any atom is -0.366 e. The van der Waals surface area contributed by atoms with Crippen molar-refractivity contribution in [1.82, 2.24) is 10.2 Å². The molecule has 0 saturated carbocycles. The van der Waals surface area contributed by atoms with Crippen molar-refractivity contribution in [3.05, 3.63) is 36.0 Å². The maximum atomic E-state index is 11.4. The van der Waals surface area contributed by atoms with Crippen LogP contribution < -0.4 is 5.73 Å². The van der Waals surface area contributed by atoms with Crippen LogP contribution in [0.3, 0.4) is 0 Å². The monoisotopic (exact) mass is 229 g/mol. The Labute approximate surface area is 99.5 Å². The summed E-state index contributed by atoms with van der Waals surface area (Å²) in [5.74, 6) is -0.391. The van der Waals surface area contributed by atoms with E-state index < -0.39 is 5.91 Å². The Morgan fingerprint density at radius 3 is 3.06 bits per heavy atom. The lowest BCUT2D eigenvalue weighted by molar-refractivity contribution is -0.112. The number of aromatic amines is 1. The lowest BCUT2D eigenvalue weighted by Gasteiger charge is -2.03. The average Bonchev–Trinajstić information content (AvgIpc) is 2.76. The van der Waals surface area contributed by atoms with Gasteiger partial charge in [-0.3, -0.25) is 9.89 Å². The number of nitrogens with one attached hydrogen (secondary N) is 1. The predicted molar refractivity (Wildman–Crippen MR) is 68.2 cm³/mol. The van der Waals surface area contributed by atoms with Crippen LogP contribution in [-0.4, -0.2) is 16.1 Å². The third kappa shape index (κ3) is 2.36. The first-order valence-corrected chi connectivity index (χ1v) is 5.66. The van der Waals surface area contributed by atoms with Gasteiger partial charge in [-0.1, -0.05) is 31.6 Å². The number of benzene rings is 1. The molecule has 0 aliphatic heterocycles. The van der Waals surface area contributed by atoms with Gasteiger partial charge in [0.25, 0.3) is 0 Å². The van der Waals surface area contributed by atoms with E-state index in [1.807, 2.05) is 24.3 Å². The molecule has 4 nitrogen and oxygen atoms in total. The molecule has 0 saturated heterocycles. The molecular formula is C13H15N3O. The Hall–Kier alpha value is -2.10. The molecule has 2 aromatic rings. The number of H-pyrrole nitrogens is 1. The van der Waals surface area contributed by atoms with Gasteiger partial charge in [0.15, 0.2) is 0 Å². The zero-order valence-electron chi connectivity index (χ0n) is 9.73. The predicted octanol–water partition coefficient (Wildman–Crippen LogP) is 2.23. The third-order valence-corrected chi connectivity index (χ3v) is 2.66. The van der Waals surface area contributed by atoms with Crippen molar-refractivity contribution in [2.24, 2.45) is 5.73 Å². The Balaban J connectivity index is 2.44. The number of allylic oxidation sites excluding steroid dienone is 1. The SMILES string of the molecule is CCC/C=C(/C(N)=O)c1ccc2cn[nH]c2c1. The Morgan fingerprint density at radius 1 is 1.53 bits per heavy atom. The fourth-order valence-electron chi connectivity index (χ4n) is 1.75. The van der Waals surface area contributed by atoms with E-state index >= 15 is 0 Å². The van der Waals surface area contributed by atoms with Crippen molar-refractivity contribution < 1.29 is 4.79 Å². The second-order valence-electron chi connectivity index (χ2n) is 3.94. The van der Waals surface area contributed by atoms with E-state index in [2.05, 4.69) is 17.1 Å². The molecule has 0 aliphatic carbocycles. The maximum Gasteiger partial charge on any atom is 0.248 e. The number of nitrogens with zero attached hydrogens (tertiary/aromatic N) is 1. The van der Waals surface area contributed by atoms with Gasteiger partial charge in [-0.05, 0) is 18.1 Å². The molecule has 1 aromatic carbocycles. The van der Waals surface area contributed by atoms with Crippen molar-refractivity contribution in [3.63, 3.8) is 0 Å². The number of primary amides is 1. The van der Waals surface area contributed by atoms with Gasteiger partial charge >= 0.3 is 0 Å². The number of rotatable bonds is 4. The average molecular weight is 229 g/mol. The van der Waals surface area contributed by atoms with Crippen LogP contribution in [0, 0.1) is 0 Å². The van der Waals surface area contributed by atoms with E-state index in [1.54, 1.807) is 6.20 Å². The van der Waals surface area contributed by atoms with Crippen LogP contribution in [0.5, 0.6) is 0 Å². The third-order valence-electron chi connectivity index (χ3n) is 2.66. The first-order chi connectivity index (χ1) is 8.22. The summed E-state index contributed by atoms with van der Waals surface area (Å²) < 4.78 is 0. The molecule has 17 heavy (non-hydrogen) atoms. The van der Waals surface area contributed by atoms with Crippen LogP contribution in [0.1, 0.15) is 25.3 Å².